The molecule has 4 heteroatoms. The maximum atomic E-state index is 12.0. The van der Waals surface area contributed by atoms with Crippen LogP contribution >= 0.6 is 0 Å². The highest BCUT2D eigenvalue weighted by atomic mass is 19.4. The van der Waals surface area contributed by atoms with Crippen molar-refractivity contribution in [3.05, 3.63) is 35.4 Å². The minimum Gasteiger partial charge on any atom is -0.324 e. The molecule has 0 fully saturated rings. The third-order valence-corrected chi connectivity index (χ3v) is 2.55. The Bertz CT molecular complexity index is 316. The van der Waals surface area contributed by atoms with Gasteiger partial charge in [-0.3, -0.25) is 0 Å². The molecule has 0 heterocycles. The van der Waals surface area contributed by atoms with Crippen molar-refractivity contribution in [1.82, 2.24) is 0 Å². The van der Waals surface area contributed by atoms with E-state index in [9.17, 15) is 13.2 Å². The predicted molar refractivity (Wildman–Crippen MR) is 58.0 cm³/mol. The highest BCUT2D eigenvalue weighted by Crippen LogP contribution is 2.26. The summed E-state index contributed by atoms with van der Waals surface area (Å²) in [4.78, 5) is 0. The lowest BCUT2D eigenvalue weighted by molar-refractivity contribution is -0.136. The molecule has 0 spiro atoms. The van der Waals surface area contributed by atoms with E-state index >= 15 is 0 Å². The first-order valence-corrected chi connectivity index (χ1v) is 5.33. The second-order valence-corrected chi connectivity index (χ2v) is 3.86. The molecule has 0 unspecified atom stereocenters. The molecule has 0 bridgehead atoms. The van der Waals surface area contributed by atoms with Gasteiger partial charge in [0.25, 0.3) is 0 Å². The molecule has 1 rings (SSSR count). The van der Waals surface area contributed by atoms with Gasteiger partial charge in [0.2, 0.25) is 0 Å². The van der Waals surface area contributed by atoms with Gasteiger partial charge in [0.15, 0.2) is 0 Å². The third-order valence-electron chi connectivity index (χ3n) is 2.55. The standard InChI is InChI=1S/C12H16F3N/c1-2-9-3-5-10(6-4-9)11(16)7-8-12(13,14)15/h3-6,11H,2,7-8,16H2,1H3/t11-/m0/s1. The molecule has 0 saturated carbocycles. The number of aryl methyl sites for hydroxylation is 1. The number of nitrogens with two attached hydrogens (primary N) is 1. The Hall–Kier alpha value is -1.03. The molecule has 0 aliphatic carbocycles. The van der Waals surface area contributed by atoms with E-state index in [2.05, 4.69) is 0 Å². The molecule has 1 aromatic carbocycles. The lowest BCUT2D eigenvalue weighted by Gasteiger charge is -2.13. The van der Waals surface area contributed by atoms with Gasteiger partial charge in [-0.1, -0.05) is 31.2 Å². The Kier molecular flexibility index (Phi) is 4.35. The SMILES string of the molecule is CCc1ccc([C@@H](N)CCC(F)(F)F)cc1. The van der Waals surface area contributed by atoms with Crippen LogP contribution in [0.3, 0.4) is 0 Å². The fraction of sp³-hybridized carbons (Fsp3) is 0.500. The van der Waals surface area contributed by atoms with Crippen molar-refractivity contribution in [3.8, 4) is 0 Å². The highest BCUT2D eigenvalue weighted by Gasteiger charge is 2.27. The first kappa shape index (κ1) is 13.0. The maximum absolute atomic E-state index is 12.0. The van der Waals surface area contributed by atoms with Crippen LogP contribution in [0.2, 0.25) is 0 Å². The van der Waals surface area contributed by atoms with Gasteiger partial charge in [0, 0.05) is 12.5 Å². The molecule has 0 aromatic heterocycles. The quantitative estimate of drug-likeness (QED) is 0.841. The van der Waals surface area contributed by atoms with E-state index in [4.69, 9.17) is 5.73 Å². The van der Waals surface area contributed by atoms with Crippen LogP contribution in [0.1, 0.15) is 36.9 Å². The minimum atomic E-state index is -4.12. The average Bonchev–Trinajstić information content (AvgIpc) is 2.25. The van der Waals surface area contributed by atoms with Gasteiger partial charge in [-0.2, -0.15) is 13.2 Å². The number of alkyl halides is 3. The van der Waals surface area contributed by atoms with Gasteiger partial charge in [-0.15, -0.1) is 0 Å². The summed E-state index contributed by atoms with van der Waals surface area (Å²) in [5, 5.41) is 0. The molecule has 1 nitrogen and oxygen atoms in total. The number of hydrogen-bond donors (Lipinski definition) is 1. The van der Waals surface area contributed by atoms with Crippen LogP contribution in [0.25, 0.3) is 0 Å². The summed E-state index contributed by atoms with van der Waals surface area (Å²) in [5.74, 6) is 0. The fourth-order valence-electron chi connectivity index (χ4n) is 1.49. The zero-order valence-corrected chi connectivity index (χ0v) is 9.22. The Morgan fingerprint density at radius 2 is 1.75 bits per heavy atom. The molecular formula is C12H16F3N. The van der Waals surface area contributed by atoms with Crippen LogP contribution in [0.15, 0.2) is 24.3 Å². The zero-order valence-electron chi connectivity index (χ0n) is 9.22. The number of benzene rings is 1. The molecule has 1 atom stereocenters. The summed E-state index contributed by atoms with van der Waals surface area (Å²) in [6, 6.07) is 6.89. The Morgan fingerprint density at radius 3 is 2.19 bits per heavy atom. The molecule has 90 valence electrons. The van der Waals surface area contributed by atoms with Crippen molar-refractivity contribution in [2.45, 2.75) is 38.4 Å². The number of halogens is 3. The smallest absolute Gasteiger partial charge is 0.324 e. The van der Waals surface area contributed by atoms with Crippen molar-refractivity contribution in [1.29, 1.82) is 0 Å². The van der Waals surface area contributed by atoms with Crippen molar-refractivity contribution >= 4 is 0 Å². The molecule has 2 N–H and O–H groups in total. The van der Waals surface area contributed by atoms with Crippen LogP contribution < -0.4 is 5.73 Å². The summed E-state index contributed by atoms with van der Waals surface area (Å²) in [5.41, 5.74) is 7.62. The van der Waals surface area contributed by atoms with E-state index in [-0.39, 0.29) is 6.42 Å². The summed E-state index contributed by atoms with van der Waals surface area (Å²) in [6.07, 6.45) is -4.10. The molecule has 1 aromatic rings. The molecule has 16 heavy (non-hydrogen) atoms. The second kappa shape index (κ2) is 5.34. The van der Waals surface area contributed by atoms with Crippen LogP contribution in [0, 0.1) is 0 Å². The first-order valence-electron chi connectivity index (χ1n) is 5.33. The van der Waals surface area contributed by atoms with Gasteiger partial charge in [-0.25, -0.2) is 0 Å². The maximum Gasteiger partial charge on any atom is 0.389 e. The summed E-state index contributed by atoms with van der Waals surface area (Å²) < 4.78 is 36.0. The molecule has 0 radical (unpaired) electrons. The van der Waals surface area contributed by atoms with Crippen LogP contribution in [0.5, 0.6) is 0 Å². The van der Waals surface area contributed by atoms with Gasteiger partial charge in [0.1, 0.15) is 0 Å². The lowest BCUT2D eigenvalue weighted by atomic mass is 10.0. The lowest BCUT2D eigenvalue weighted by Crippen LogP contribution is -2.15. The van der Waals surface area contributed by atoms with Crippen LogP contribution in [0.4, 0.5) is 13.2 Å². The Balaban J connectivity index is 2.56. The Morgan fingerprint density at radius 1 is 1.19 bits per heavy atom. The second-order valence-electron chi connectivity index (χ2n) is 3.86. The first-order chi connectivity index (χ1) is 7.42. The van der Waals surface area contributed by atoms with Crippen molar-refractivity contribution < 1.29 is 13.2 Å². The third kappa shape index (κ3) is 4.23. The molecule has 0 amide bonds. The largest absolute Gasteiger partial charge is 0.389 e. The van der Waals surface area contributed by atoms with E-state index in [0.717, 1.165) is 17.5 Å². The van der Waals surface area contributed by atoms with Crippen LogP contribution in [-0.2, 0) is 6.42 Å². The summed E-state index contributed by atoms with van der Waals surface area (Å²) in [7, 11) is 0. The average molecular weight is 231 g/mol. The fourth-order valence-corrected chi connectivity index (χ4v) is 1.49. The van der Waals surface area contributed by atoms with Gasteiger partial charge in [0.05, 0.1) is 0 Å². The van der Waals surface area contributed by atoms with E-state index < -0.39 is 18.6 Å². The highest BCUT2D eigenvalue weighted by molar-refractivity contribution is 5.24. The van der Waals surface area contributed by atoms with Crippen LogP contribution in [-0.4, -0.2) is 6.18 Å². The molecule has 0 aliphatic heterocycles. The number of hydrogen-bond acceptors (Lipinski definition) is 1. The van der Waals surface area contributed by atoms with E-state index in [1.807, 2.05) is 19.1 Å². The van der Waals surface area contributed by atoms with Gasteiger partial charge in [-0.05, 0) is 24.0 Å². The number of rotatable bonds is 4. The normalized spacial score (nSPS) is 13.8. The topological polar surface area (TPSA) is 26.0 Å². The zero-order chi connectivity index (χ0) is 12.2. The molecular weight excluding hydrogens is 215 g/mol. The van der Waals surface area contributed by atoms with Gasteiger partial charge < -0.3 is 5.73 Å². The van der Waals surface area contributed by atoms with E-state index in [1.165, 1.54) is 0 Å². The summed E-state index contributed by atoms with van der Waals surface area (Å²) in [6.45, 7) is 2.03. The molecule has 0 saturated heterocycles. The summed E-state index contributed by atoms with van der Waals surface area (Å²) >= 11 is 0. The molecule has 0 aliphatic rings. The van der Waals surface area contributed by atoms with E-state index in [0.29, 0.717) is 0 Å². The predicted octanol–water partition coefficient (Wildman–Crippen LogP) is 3.59. The van der Waals surface area contributed by atoms with Gasteiger partial charge >= 0.3 is 6.18 Å². The van der Waals surface area contributed by atoms with Crippen molar-refractivity contribution in [2.24, 2.45) is 5.73 Å². The van der Waals surface area contributed by atoms with Crippen molar-refractivity contribution in [2.75, 3.05) is 0 Å². The Labute approximate surface area is 93.5 Å². The van der Waals surface area contributed by atoms with Crippen molar-refractivity contribution in [3.63, 3.8) is 0 Å². The van der Waals surface area contributed by atoms with E-state index in [1.54, 1.807) is 12.1 Å². The monoisotopic (exact) mass is 231 g/mol. The minimum absolute atomic E-state index is 0.0605.